The van der Waals surface area contributed by atoms with E-state index in [-0.39, 0.29) is 0 Å². The Morgan fingerprint density at radius 3 is 1.89 bits per heavy atom. The van der Waals surface area contributed by atoms with Crippen LogP contribution < -0.4 is 0 Å². The Labute approximate surface area is 163 Å². The molecule has 0 amide bonds. The van der Waals surface area contributed by atoms with Gasteiger partial charge < -0.3 is 0 Å². The molecule has 3 heteroatoms. The summed E-state index contributed by atoms with van der Waals surface area (Å²) in [6.07, 6.45) is 3.64. The SMILES string of the molecule is c1ccc(-c2cccc(-c3ccc4ccccc4n3)c2-c2ccccn2)nc1. The lowest BCUT2D eigenvalue weighted by Gasteiger charge is -2.14. The molecule has 0 unspecified atom stereocenters. The standard InChI is InChI=1S/C25H17N3/c1-2-11-21-18(8-1)14-15-23(28-21)20-10-7-9-19(22-12-3-5-16-26-22)25(20)24-13-4-6-17-27-24/h1-17H. The number of nitrogens with zero attached hydrogens (tertiary/aromatic N) is 3. The molecule has 0 aliphatic rings. The second kappa shape index (κ2) is 7.05. The third-order valence-corrected chi connectivity index (χ3v) is 4.80. The molecule has 0 atom stereocenters. The van der Waals surface area contributed by atoms with E-state index in [1.54, 1.807) is 0 Å². The van der Waals surface area contributed by atoms with E-state index in [2.05, 4.69) is 46.4 Å². The maximum absolute atomic E-state index is 4.92. The summed E-state index contributed by atoms with van der Waals surface area (Å²) in [6.45, 7) is 0. The van der Waals surface area contributed by atoms with Crippen molar-refractivity contribution in [3.63, 3.8) is 0 Å². The smallest absolute Gasteiger partial charge is 0.0716 e. The Kier molecular flexibility index (Phi) is 4.11. The fraction of sp³-hybridized carbons (Fsp3) is 0. The van der Waals surface area contributed by atoms with Crippen LogP contribution in [0.15, 0.2) is 103 Å². The van der Waals surface area contributed by atoms with E-state index in [4.69, 9.17) is 4.98 Å². The van der Waals surface area contributed by atoms with Gasteiger partial charge in [-0.2, -0.15) is 0 Å². The van der Waals surface area contributed by atoms with Crippen molar-refractivity contribution >= 4 is 10.9 Å². The second-order valence-corrected chi connectivity index (χ2v) is 6.55. The summed E-state index contributed by atoms with van der Waals surface area (Å²) in [5, 5.41) is 1.13. The molecule has 132 valence electrons. The number of benzene rings is 2. The topological polar surface area (TPSA) is 38.7 Å². The molecule has 28 heavy (non-hydrogen) atoms. The van der Waals surface area contributed by atoms with Gasteiger partial charge in [-0.3, -0.25) is 9.97 Å². The normalized spacial score (nSPS) is 10.9. The quantitative estimate of drug-likeness (QED) is 0.395. The van der Waals surface area contributed by atoms with Crippen molar-refractivity contribution in [3.05, 3.63) is 103 Å². The van der Waals surface area contributed by atoms with Gasteiger partial charge >= 0.3 is 0 Å². The predicted octanol–water partition coefficient (Wildman–Crippen LogP) is 6.03. The minimum Gasteiger partial charge on any atom is -0.256 e. The number of hydrogen-bond acceptors (Lipinski definition) is 3. The van der Waals surface area contributed by atoms with Crippen LogP contribution in [0.25, 0.3) is 44.7 Å². The second-order valence-electron chi connectivity index (χ2n) is 6.55. The van der Waals surface area contributed by atoms with Gasteiger partial charge in [-0.05, 0) is 36.4 Å². The Balaban J connectivity index is 1.80. The molecule has 5 rings (SSSR count). The number of hydrogen-bond donors (Lipinski definition) is 0. The van der Waals surface area contributed by atoms with E-state index in [9.17, 15) is 0 Å². The first-order chi connectivity index (χ1) is 13.9. The summed E-state index contributed by atoms with van der Waals surface area (Å²) >= 11 is 0. The van der Waals surface area contributed by atoms with Crippen LogP contribution in [0.1, 0.15) is 0 Å². The first-order valence-corrected chi connectivity index (χ1v) is 9.22. The number of para-hydroxylation sites is 1. The van der Waals surface area contributed by atoms with E-state index >= 15 is 0 Å². The Morgan fingerprint density at radius 1 is 0.464 bits per heavy atom. The van der Waals surface area contributed by atoms with Crippen LogP contribution in [0.5, 0.6) is 0 Å². The highest BCUT2D eigenvalue weighted by molar-refractivity contribution is 5.93. The third-order valence-electron chi connectivity index (χ3n) is 4.80. The number of pyridine rings is 3. The van der Waals surface area contributed by atoms with Crippen molar-refractivity contribution in [1.82, 2.24) is 15.0 Å². The average Bonchev–Trinajstić information content (AvgIpc) is 2.79. The first-order valence-electron chi connectivity index (χ1n) is 9.22. The van der Waals surface area contributed by atoms with Crippen LogP contribution in [0.2, 0.25) is 0 Å². The Bertz CT molecular complexity index is 1250. The molecule has 0 saturated carbocycles. The molecule has 0 saturated heterocycles. The van der Waals surface area contributed by atoms with Crippen molar-refractivity contribution in [1.29, 1.82) is 0 Å². The lowest BCUT2D eigenvalue weighted by atomic mass is 9.93. The van der Waals surface area contributed by atoms with Crippen molar-refractivity contribution in [2.45, 2.75) is 0 Å². The van der Waals surface area contributed by atoms with Gasteiger partial charge in [0.25, 0.3) is 0 Å². The van der Waals surface area contributed by atoms with Gasteiger partial charge in [0.05, 0.1) is 22.6 Å². The molecule has 3 aromatic heterocycles. The van der Waals surface area contributed by atoms with Crippen LogP contribution in [0, 0.1) is 0 Å². The van der Waals surface area contributed by atoms with E-state index in [1.165, 1.54) is 0 Å². The predicted molar refractivity (Wildman–Crippen MR) is 114 cm³/mol. The van der Waals surface area contributed by atoms with Crippen LogP contribution in [-0.4, -0.2) is 15.0 Å². The summed E-state index contributed by atoms with van der Waals surface area (Å²) in [6, 6.07) is 30.6. The van der Waals surface area contributed by atoms with Crippen molar-refractivity contribution in [3.8, 4) is 33.8 Å². The van der Waals surface area contributed by atoms with Gasteiger partial charge in [0, 0.05) is 34.5 Å². The van der Waals surface area contributed by atoms with Crippen LogP contribution >= 0.6 is 0 Å². The summed E-state index contributed by atoms with van der Waals surface area (Å²) in [5.74, 6) is 0. The molecule has 2 aromatic carbocycles. The maximum Gasteiger partial charge on any atom is 0.0716 e. The molecule has 0 aliphatic heterocycles. The van der Waals surface area contributed by atoms with Crippen LogP contribution in [0.4, 0.5) is 0 Å². The van der Waals surface area contributed by atoms with Crippen LogP contribution in [-0.2, 0) is 0 Å². The number of aromatic nitrogens is 3. The van der Waals surface area contributed by atoms with E-state index in [1.807, 2.05) is 67.0 Å². The third kappa shape index (κ3) is 2.93. The molecule has 0 bridgehead atoms. The van der Waals surface area contributed by atoms with Crippen LogP contribution in [0.3, 0.4) is 0 Å². The zero-order chi connectivity index (χ0) is 18.8. The molecule has 0 fully saturated rings. The fourth-order valence-electron chi connectivity index (χ4n) is 3.50. The van der Waals surface area contributed by atoms with Gasteiger partial charge in [0.1, 0.15) is 0 Å². The van der Waals surface area contributed by atoms with E-state index < -0.39 is 0 Å². The van der Waals surface area contributed by atoms with E-state index in [0.717, 1.165) is 44.7 Å². The van der Waals surface area contributed by atoms with Gasteiger partial charge in [-0.15, -0.1) is 0 Å². The summed E-state index contributed by atoms with van der Waals surface area (Å²) in [7, 11) is 0. The highest BCUT2D eigenvalue weighted by atomic mass is 14.7. The minimum absolute atomic E-state index is 0.911. The summed E-state index contributed by atoms with van der Waals surface area (Å²) in [4.78, 5) is 14.1. The lowest BCUT2D eigenvalue weighted by molar-refractivity contribution is 1.29. The Hall–Kier alpha value is -3.85. The highest BCUT2D eigenvalue weighted by Crippen LogP contribution is 2.38. The first kappa shape index (κ1) is 16.3. The molecule has 3 heterocycles. The minimum atomic E-state index is 0.911. The molecule has 5 aromatic rings. The maximum atomic E-state index is 4.92. The Morgan fingerprint density at radius 2 is 1.14 bits per heavy atom. The van der Waals surface area contributed by atoms with Crippen molar-refractivity contribution in [2.24, 2.45) is 0 Å². The molecule has 0 aliphatic carbocycles. The number of rotatable bonds is 3. The number of fused-ring (bicyclic) bond motifs is 1. The average molecular weight is 359 g/mol. The van der Waals surface area contributed by atoms with E-state index in [0.29, 0.717) is 0 Å². The summed E-state index contributed by atoms with van der Waals surface area (Å²) < 4.78 is 0. The lowest BCUT2D eigenvalue weighted by Crippen LogP contribution is -1.95. The van der Waals surface area contributed by atoms with Gasteiger partial charge in [0.15, 0.2) is 0 Å². The molecule has 0 N–H and O–H groups in total. The van der Waals surface area contributed by atoms with Crippen molar-refractivity contribution in [2.75, 3.05) is 0 Å². The monoisotopic (exact) mass is 359 g/mol. The molecular weight excluding hydrogens is 342 g/mol. The largest absolute Gasteiger partial charge is 0.256 e. The molecule has 0 radical (unpaired) electrons. The molecule has 0 spiro atoms. The zero-order valence-electron chi connectivity index (χ0n) is 15.2. The fourth-order valence-corrected chi connectivity index (χ4v) is 3.50. The van der Waals surface area contributed by atoms with Gasteiger partial charge in [0.2, 0.25) is 0 Å². The summed E-state index contributed by atoms with van der Waals surface area (Å²) in [5.41, 5.74) is 6.88. The van der Waals surface area contributed by atoms with Crippen molar-refractivity contribution < 1.29 is 0 Å². The highest BCUT2D eigenvalue weighted by Gasteiger charge is 2.16. The zero-order valence-corrected chi connectivity index (χ0v) is 15.2. The van der Waals surface area contributed by atoms with Gasteiger partial charge in [-0.1, -0.05) is 54.6 Å². The molecule has 3 nitrogen and oxygen atoms in total. The van der Waals surface area contributed by atoms with Gasteiger partial charge in [-0.25, -0.2) is 4.98 Å². The molecular formula is C25H17N3.